The molecule has 0 aromatic heterocycles. The molecular weight excluding hydrogens is 266 g/mol. The predicted octanol–water partition coefficient (Wildman–Crippen LogP) is 0.741. The molecule has 0 spiro atoms. The van der Waals surface area contributed by atoms with Crippen molar-refractivity contribution in [1.82, 2.24) is 10.2 Å². The molecule has 1 saturated heterocycles. The zero-order valence-corrected chi connectivity index (χ0v) is 12.6. The number of piperidine rings is 1. The summed E-state index contributed by atoms with van der Waals surface area (Å²) < 4.78 is 4.90. The van der Waals surface area contributed by atoms with Crippen molar-refractivity contribution in [3.63, 3.8) is 0 Å². The molecule has 1 amide bonds. The Morgan fingerprint density at radius 1 is 1.38 bits per heavy atom. The van der Waals surface area contributed by atoms with Crippen LogP contribution in [0.15, 0.2) is 30.3 Å². The number of rotatable bonds is 6. The molecule has 1 aromatic rings. The monoisotopic (exact) mass is 291 g/mol. The van der Waals surface area contributed by atoms with Gasteiger partial charge in [-0.1, -0.05) is 30.3 Å². The highest BCUT2D eigenvalue weighted by atomic mass is 16.5. The number of likely N-dealkylation sites (tertiary alicyclic amines) is 1. The quantitative estimate of drug-likeness (QED) is 0.811. The summed E-state index contributed by atoms with van der Waals surface area (Å²) in [6.07, 6.45) is 1.94. The van der Waals surface area contributed by atoms with Crippen LogP contribution in [0.4, 0.5) is 0 Å². The van der Waals surface area contributed by atoms with Crippen LogP contribution >= 0.6 is 0 Å². The third-order valence-corrected chi connectivity index (χ3v) is 3.87. The molecule has 2 rings (SSSR count). The number of nitrogens with zero attached hydrogens (tertiary/aromatic N) is 1. The molecular formula is C16H25N3O2. The highest BCUT2D eigenvalue weighted by molar-refractivity contribution is 5.81. The highest BCUT2D eigenvalue weighted by Gasteiger charge is 2.22. The largest absolute Gasteiger partial charge is 0.383 e. The number of nitrogens with two attached hydrogens (primary N) is 1. The Kier molecular flexibility index (Phi) is 6.17. The lowest BCUT2D eigenvalue weighted by atomic mass is 10.0. The van der Waals surface area contributed by atoms with Crippen molar-refractivity contribution < 1.29 is 9.53 Å². The molecule has 3 N–H and O–H groups in total. The van der Waals surface area contributed by atoms with Crippen molar-refractivity contribution >= 4 is 5.91 Å². The molecule has 5 nitrogen and oxygen atoms in total. The Hall–Kier alpha value is -1.43. The minimum Gasteiger partial charge on any atom is -0.383 e. The van der Waals surface area contributed by atoms with E-state index >= 15 is 0 Å². The number of ether oxygens (including phenoxy) is 1. The highest BCUT2D eigenvalue weighted by Crippen LogP contribution is 2.13. The van der Waals surface area contributed by atoms with E-state index in [-0.39, 0.29) is 18.6 Å². The molecule has 1 heterocycles. The SMILES string of the molecule is COCC(N)C(=O)NC1CCN(Cc2ccccc2)CC1. The molecule has 1 aliphatic heterocycles. The van der Waals surface area contributed by atoms with Gasteiger partial charge in [-0.25, -0.2) is 0 Å². The second-order valence-electron chi connectivity index (χ2n) is 5.61. The van der Waals surface area contributed by atoms with Gasteiger partial charge < -0.3 is 15.8 Å². The molecule has 0 aliphatic carbocycles. The van der Waals surface area contributed by atoms with Crippen LogP contribution in [0.3, 0.4) is 0 Å². The lowest BCUT2D eigenvalue weighted by Gasteiger charge is -2.32. The number of amides is 1. The minimum absolute atomic E-state index is 0.113. The summed E-state index contributed by atoms with van der Waals surface area (Å²) >= 11 is 0. The van der Waals surface area contributed by atoms with E-state index in [2.05, 4.69) is 34.5 Å². The molecule has 1 aromatic carbocycles. The topological polar surface area (TPSA) is 67.6 Å². The normalized spacial score (nSPS) is 18.4. The van der Waals surface area contributed by atoms with Gasteiger partial charge in [-0.15, -0.1) is 0 Å². The first kappa shape index (κ1) is 15.9. The minimum atomic E-state index is -0.572. The summed E-state index contributed by atoms with van der Waals surface area (Å²) in [5.74, 6) is -0.113. The second-order valence-corrected chi connectivity index (χ2v) is 5.61. The van der Waals surface area contributed by atoms with Crippen LogP contribution in [-0.2, 0) is 16.1 Å². The summed E-state index contributed by atoms with van der Waals surface area (Å²) in [6, 6.07) is 10.1. The third kappa shape index (κ3) is 5.12. The average molecular weight is 291 g/mol. The molecule has 5 heteroatoms. The standard InChI is InChI=1S/C16H25N3O2/c1-21-12-15(17)16(20)18-14-7-9-19(10-8-14)11-13-5-3-2-4-6-13/h2-6,14-15H,7-12,17H2,1H3,(H,18,20). The Balaban J connectivity index is 1.72. The number of benzene rings is 1. The lowest BCUT2D eigenvalue weighted by molar-refractivity contribution is -0.124. The first-order valence-electron chi connectivity index (χ1n) is 7.50. The van der Waals surface area contributed by atoms with Crippen LogP contribution in [0, 0.1) is 0 Å². The fourth-order valence-corrected chi connectivity index (χ4v) is 2.64. The average Bonchev–Trinajstić information content (AvgIpc) is 2.50. The summed E-state index contributed by atoms with van der Waals surface area (Å²) in [5, 5.41) is 3.02. The number of carbonyl (C=O) groups is 1. The molecule has 0 radical (unpaired) electrons. The summed E-state index contributed by atoms with van der Waals surface area (Å²) in [4.78, 5) is 14.3. The van der Waals surface area contributed by atoms with Crippen molar-refractivity contribution in [3.8, 4) is 0 Å². The van der Waals surface area contributed by atoms with Gasteiger partial charge in [-0.2, -0.15) is 0 Å². The van der Waals surface area contributed by atoms with Gasteiger partial charge in [0.15, 0.2) is 0 Å². The second kappa shape index (κ2) is 8.12. The lowest BCUT2D eigenvalue weighted by Crippen LogP contribution is -2.50. The van der Waals surface area contributed by atoms with E-state index < -0.39 is 6.04 Å². The third-order valence-electron chi connectivity index (χ3n) is 3.87. The number of carbonyl (C=O) groups excluding carboxylic acids is 1. The summed E-state index contributed by atoms with van der Waals surface area (Å²) in [7, 11) is 1.55. The molecule has 1 unspecified atom stereocenters. The number of hydrogen-bond acceptors (Lipinski definition) is 4. The van der Waals surface area contributed by atoms with E-state index in [0.717, 1.165) is 32.5 Å². The summed E-state index contributed by atoms with van der Waals surface area (Å²) in [6.45, 7) is 3.24. The van der Waals surface area contributed by atoms with Crippen LogP contribution in [0.5, 0.6) is 0 Å². The number of hydrogen-bond donors (Lipinski definition) is 2. The first-order valence-corrected chi connectivity index (χ1v) is 7.50. The van der Waals surface area contributed by atoms with Crippen LogP contribution < -0.4 is 11.1 Å². The molecule has 1 atom stereocenters. The van der Waals surface area contributed by atoms with Gasteiger partial charge in [-0.3, -0.25) is 9.69 Å². The van der Waals surface area contributed by atoms with E-state index in [1.807, 2.05) is 6.07 Å². The van der Waals surface area contributed by atoms with Crippen molar-refractivity contribution in [2.45, 2.75) is 31.5 Å². The van der Waals surface area contributed by atoms with Crippen LogP contribution in [0.1, 0.15) is 18.4 Å². The number of nitrogens with one attached hydrogen (secondary N) is 1. The molecule has 0 bridgehead atoms. The zero-order valence-electron chi connectivity index (χ0n) is 12.6. The van der Waals surface area contributed by atoms with Gasteiger partial charge in [0.2, 0.25) is 5.91 Å². The molecule has 1 aliphatic rings. The van der Waals surface area contributed by atoms with E-state index in [1.165, 1.54) is 5.56 Å². The Bertz CT molecular complexity index is 430. The Labute approximate surface area is 126 Å². The van der Waals surface area contributed by atoms with Gasteiger partial charge in [0.1, 0.15) is 6.04 Å². The predicted molar refractivity (Wildman–Crippen MR) is 82.7 cm³/mol. The van der Waals surface area contributed by atoms with Gasteiger partial charge in [0.05, 0.1) is 6.61 Å². The first-order chi connectivity index (χ1) is 10.2. The maximum Gasteiger partial charge on any atom is 0.239 e. The van der Waals surface area contributed by atoms with E-state index in [4.69, 9.17) is 10.5 Å². The molecule has 1 fully saturated rings. The fraction of sp³-hybridized carbons (Fsp3) is 0.562. The fourth-order valence-electron chi connectivity index (χ4n) is 2.64. The molecule has 116 valence electrons. The molecule has 0 saturated carbocycles. The van der Waals surface area contributed by atoms with Gasteiger partial charge in [-0.05, 0) is 18.4 Å². The van der Waals surface area contributed by atoms with Gasteiger partial charge in [0.25, 0.3) is 0 Å². The van der Waals surface area contributed by atoms with Gasteiger partial charge in [0, 0.05) is 32.8 Å². The summed E-state index contributed by atoms with van der Waals surface area (Å²) in [5.41, 5.74) is 7.06. The van der Waals surface area contributed by atoms with E-state index in [9.17, 15) is 4.79 Å². The van der Waals surface area contributed by atoms with E-state index in [0.29, 0.717) is 0 Å². The Morgan fingerprint density at radius 2 is 2.05 bits per heavy atom. The van der Waals surface area contributed by atoms with Crippen LogP contribution in [0.25, 0.3) is 0 Å². The van der Waals surface area contributed by atoms with Crippen LogP contribution in [0.2, 0.25) is 0 Å². The zero-order chi connectivity index (χ0) is 15.1. The number of methoxy groups -OCH3 is 1. The maximum absolute atomic E-state index is 11.8. The van der Waals surface area contributed by atoms with Crippen molar-refractivity contribution in [2.75, 3.05) is 26.8 Å². The van der Waals surface area contributed by atoms with Crippen molar-refractivity contribution in [2.24, 2.45) is 5.73 Å². The smallest absolute Gasteiger partial charge is 0.239 e. The van der Waals surface area contributed by atoms with Gasteiger partial charge >= 0.3 is 0 Å². The van der Waals surface area contributed by atoms with Crippen LogP contribution in [-0.4, -0.2) is 49.7 Å². The molecule has 21 heavy (non-hydrogen) atoms. The maximum atomic E-state index is 11.8. The van der Waals surface area contributed by atoms with Crippen molar-refractivity contribution in [3.05, 3.63) is 35.9 Å². The van der Waals surface area contributed by atoms with E-state index in [1.54, 1.807) is 7.11 Å². The Morgan fingerprint density at radius 3 is 2.67 bits per heavy atom. The van der Waals surface area contributed by atoms with Crippen molar-refractivity contribution in [1.29, 1.82) is 0 Å².